The minimum absolute atomic E-state index is 0.0254. The maximum absolute atomic E-state index is 13.7. The Bertz CT molecular complexity index is 724. The van der Waals surface area contributed by atoms with E-state index in [0.29, 0.717) is 6.54 Å². The number of hydrogen-bond acceptors (Lipinski definition) is 5. The average Bonchev–Trinajstić information content (AvgIpc) is 2.62. The van der Waals surface area contributed by atoms with Crippen LogP contribution in [-0.2, 0) is 6.42 Å². The summed E-state index contributed by atoms with van der Waals surface area (Å²) in [6, 6.07) is 3.33. The molecule has 0 bridgehead atoms. The van der Waals surface area contributed by atoms with Crippen molar-refractivity contribution in [1.82, 2.24) is 20.3 Å². The summed E-state index contributed by atoms with van der Waals surface area (Å²) in [6.07, 6.45) is 6.69. The van der Waals surface area contributed by atoms with E-state index in [9.17, 15) is 9.18 Å². The molecule has 3 heterocycles. The van der Waals surface area contributed by atoms with Crippen LogP contribution < -0.4 is 10.2 Å². The molecule has 0 aromatic carbocycles. The highest BCUT2D eigenvalue weighted by Gasteiger charge is 2.24. The Balaban J connectivity index is 1.67. The minimum Gasteiger partial charge on any atom is -0.354 e. The zero-order chi connectivity index (χ0) is 16.9. The zero-order valence-corrected chi connectivity index (χ0v) is 13.6. The van der Waals surface area contributed by atoms with Crippen molar-refractivity contribution in [3.05, 3.63) is 47.9 Å². The van der Waals surface area contributed by atoms with Crippen LogP contribution in [0.15, 0.2) is 30.9 Å². The molecular weight excluding hydrogens is 309 g/mol. The third kappa shape index (κ3) is 3.67. The van der Waals surface area contributed by atoms with Gasteiger partial charge in [-0.1, -0.05) is 6.92 Å². The van der Waals surface area contributed by atoms with E-state index in [4.69, 9.17) is 0 Å². The van der Waals surface area contributed by atoms with E-state index in [1.165, 1.54) is 12.3 Å². The van der Waals surface area contributed by atoms with Crippen LogP contribution in [0.5, 0.6) is 0 Å². The number of piperidine rings is 1. The van der Waals surface area contributed by atoms with Crippen LogP contribution in [0.1, 0.15) is 35.8 Å². The molecule has 126 valence electrons. The van der Waals surface area contributed by atoms with Gasteiger partial charge in [-0.25, -0.2) is 14.4 Å². The first-order chi connectivity index (χ1) is 11.7. The van der Waals surface area contributed by atoms with Gasteiger partial charge < -0.3 is 10.2 Å². The van der Waals surface area contributed by atoms with Crippen LogP contribution in [0, 0.1) is 5.82 Å². The number of carbonyl (C=O) groups excluding carboxylic acids is 1. The summed E-state index contributed by atoms with van der Waals surface area (Å²) >= 11 is 0. The lowest BCUT2D eigenvalue weighted by molar-refractivity contribution is 0.0929. The molecule has 1 fully saturated rings. The molecule has 1 atom stereocenters. The molecule has 1 saturated heterocycles. The molecule has 0 spiro atoms. The topological polar surface area (TPSA) is 71.0 Å². The van der Waals surface area contributed by atoms with E-state index >= 15 is 0 Å². The Morgan fingerprint density at radius 2 is 2.33 bits per heavy atom. The quantitative estimate of drug-likeness (QED) is 0.928. The first kappa shape index (κ1) is 16.3. The molecule has 0 aliphatic carbocycles. The summed E-state index contributed by atoms with van der Waals surface area (Å²) in [5.74, 6) is -0.138. The lowest BCUT2D eigenvalue weighted by Crippen LogP contribution is -2.48. The fraction of sp³-hybridized carbons (Fsp3) is 0.412. The van der Waals surface area contributed by atoms with Crippen LogP contribution >= 0.6 is 0 Å². The number of nitrogens with zero attached hydrogens (tertiary/aromatic N) is 4. The second kappa shape index (κ2) is 7.33. The minimum atomic E-state index is -0.606. The number of aryl methyl sites for hydroxylation is 1. The van der Waals surface area contributed by atoms with E-state index in [0.717, 1.165) is 43.5 Å². The lowest BCUT2D eigenvalue weighted by Gasteiger charge is -2.34. The van der Waals surface area contributed by atoms with Gasteiger partial charge in [-0.15, -0.1) is 0 Å². The number of carbonyl (C=O) groups is 1. The van der Waals surface area contributed by atoms with Gasteiger partial charge in [0.15, 0.2) is 5.82 Å². The van der Waals surface area contributed by atoms with E-state index in [1.807, 2.05) is 6.07 Å². The van der Waals surface area contributed by atoms with Crippen LogP contribution in [0.2, 0.25) is 0 Å². The molecule has 24 heavy (non-hydrogen) atoms. The monoisotopic (exact) mass is 329 g/mol. The Labute approximate surface area is 140 Å². The molecule has 1 N–H and O–H groups in total. The summed E-state index contributed by atoms with van der Waals surface area (Å²) in [7, 11) is 0. The number of anilines is 1. The third-order valence-corrected chi connectivity index (χ3v) is 4.17. The predicted molar refractivity (Wildman–Crippen MR) is 88.3 cm³/mol. The number of hydrogen-bond donors (Lipinski definition) is 1. The number of aromatic nitrogens is 3. The fourth-order valence-electron chi connectivity index (χ4n) is 2.88. The maximum atomic E-state index is 13.7. The number of halogens is 1. The molecule has 2 aromatic heterocycles. The van der Waals surface area contributed by atoms with Gasteiger partial charge in [0.25, 0.3) is 5.91 Å². The first-order valence-corrected chi connectivity index (χ1v) is 8.13. The van der Waals surface area contributed by atoms with Crippen LogP contribution in [0.25, 0.3) is 0 Å². The molecule has 6 nitrogen and oxygen atoms in total. The predicted octanol–water partition coefficient (Wildman–Crippen LogP) is 1.97. The Hall–Kier alpha value is -2.57. The maximum Gasteiger partial charge on any atom is 0.254 e. The number of rotatable bonds is 4. The van der Waals surface area contributed by atoms with Crippen LogP contribution in [-0.4, -0.2) is 40.0 Å². The van der Waals surface area contributed by atoms with Crippen molar-refractivity contribution >= 4 is 11.7 Å². The normalized spacial score (nSPS) is 17.6. The Morgan fingerprint density at radius 3 is 3.12 bits per heavy atom. The van der Waals surface area contributed by atoms with Gasteiger partial charge in [0.05, 0.1) is 11.8 Å². The summed E-state index contributed by atoms with van der Waals surface area (Å²) in [6.45, 7) is 3.59. The van der Waals surface area contributed by atoms with Crippen molar-refractivity contribution in [1.29, 1.82) is 0 Å². The molecule has 1 aliphatic rings. The molecule has 0 saturated carbocycles. The number of amides is 1. The highest BCUT2D eigenvalue weighted by molar-refractivity contribution is 5.94. The molecule has 7 heteroatoms. The van der Waals surface area contributed by atoms with Gasteiger partial charge in [-0.05, 0) is 25.3 Å². The van der Waals surface area contributed by atoms with E-state index in [2.05, 4.69) is 32.1 Å². The van der Waals surface area contributed by atoms with Gasteiger partial charge in [-0.2, -0.15) is 0 Å². The molecule has 1 aliphatic heterocycles. The first-order valence-electron chi connectivity index (χ1n) is 8.13. The van der Waals surface area contributed by atoms with Crippen molar-refractivity contribution < 1.29 is 9.18 Å². The largest absolute Gasteiger partial charge is 0.354 e. The van der Waals surface area contributed by atoms with Crippen molar-refractivity contribution in [2.75, 3.05) is 18.0 Å². The molecule has 3 rings (SSSR count). The second-order valence-corrected chi connectivity index (χ2v) is 5.84. The van der Waals surface area contributed by atoms with E-state index in [1.54, 1.807) is 6.33 Å². The highest BCUT2D eigenvalue weighted by atomic mass is 19.1. The van der Waals surface area contributed by atoms with E-state index in [-0.39, 0.29) is 11.6 Å². The molecule has 0 radical (unpaired) electrons. The van der Waals surface area contributed by atoms with Crippen LogP contribution in [0.4, 0.5) is 10.2 Å². The summed E-state index contributed by atoms with van der Waals surface area (Å²) in [5, 5.41) is 2.91. The third-order valence-electron chi connectivity index (χ3n) is 4.17. The van der Waals surface area contributed by atoms with Crippen molar-refractivity contribution in [3.8, 4) is 0 Å². The average molecular weight is 329 g/mol. The molecular formula is C17H20FN5O. The molecule has 1 amide bonds. The Kier molecular flexibility index (Phi) is 4.98. The molecule has 2 aromatic rings. The smallest absolute Gasteiger partial charge is 0.254 e. The lowest BCUT2D eigenvalue weighted by atomic mass is 10.0. The number of pyridine rings is 1. The van der Waals surface area contributed by atoms with Crippen molar-refractivity contribution in [3.63, 3.8) is 0 Å². The van der Waals surface area contributed by atoms with Crippen molar-refractivity contribution in [2.24, 2.45) is 0 Å². The van der Waals surface area contributed by atoms with Gasteiger partial charge >= 0.3 is 0 Å². The number of nitrogens with one attached hydrogen (secondary N) is 1. The Morgan fingerprint density at radius 1 is 1.46 bits per heavy atom. The van der Waals surface area contributed by atoms with E-state index < -0.39 is 11.7 Å². The zero-order valence-electron chi connectivity index (χ0n) is 13.6. The standard InChI is InChI=1S/C17H20FN5O/c1-2-12-8-16(21-11-20-12)23-7-3-4-13(10-23)22-17(24)14-5-6-19-9-15(14)18/h5-6,8-9,11,13H,2-4,7,10H2,1H3,(H,22,24). The van der Waals surface area contributed by atoms with Gasteiger partial charge in [0.2, 0.25) is 0 Å². The SMILES string of the molecule is CCc1cc(N2CCCC(NC(=O)c3ccncc3F)C2)ncn1. The summed E-state index contributed by atoms with van der Waals surface area (Å²) in [4.78, 5) is 26.6. The van der Waals surface area contributed by atoms with Crippen LogP contribution in [0.3, 0.4) is 0 Å². The van der Waals surface area contributed by atoms with Gasteiger partial charge in [0, 0.05) is 37.1 Å². The van der Waals surface area contributed by atoms with Crippen molar-refractivity contribution in [2.45, 2.75) is 32.2 Å². The fourth-order valence-corrected chi connectivity index (χ4v) is 2.88. The highest BCUT2D eigenvalue weighted by Crippen LogP contribution is 2.18. The van der Waals surface area contributed by atoms with Gasteiger partial charge in [-0.3, -0.25) is 9.78 Å². The summed E-state index contributed by atoms with van der Waals surface area (Å²) in [5.41, 5.74) is 1.02. The summed E-state index contributed by atoms with van der Waals surface area (Å²) < 4.78 is 13.7. The van der Waals surface area contributed by atoms with Gasteiger partial charge in [0.1, 0.15) is 12.1 Å². The second-order valence-electron chi connectivity index (χ2n) is 5.84. The molecule has 1 unspecified atom stereocenters.